The third-order valence-electron chi connectivity index (χ3n) is 12.1. The summed E-state index contributed by atoms with van der Waals surface area (Å²) in [5.41, 5.74) is 8.11. The molecule has 0 aromatic heterocycles. The SMILES string of the molecule is COc1ccc(CC2c3cc(OC)c(OC)cc3CC[N+]2(C)CCCC[N+]2(C)CCc3cc(OC)c(OC)cc3C2Cc2ccc(OC)cc2)cc1. The average molecular weight is 711 g/mol. The summed E-state index contributed by atoms with van der Waals surface area (Å²) >= 11 is 0. The molecule has 0 bridgehead atoms. The topological polar surface area (TPSA) is 55.4 Å². The minimum atomic E-state index is 0.300. The third-order valence-corrected chi connectivity index (χ3v) is 12.1. The van der Waals surface area contributed by atoms with Crippen LogP contribution in [-0.4, -0.2) is 91.9 Å². The van der Waals surface area contributed by atoms with E-state index in [2.05, 4.69) is 86.9 Å². The van der Waals surface area contributed by atoms with E-state index in [1.165, 1.54) is 33.4 Å². The molecule has 0 radical (unpaired) electrons. The maximum absolute atomic E-state index is 5.82. The first-order valence-electron chi connectivity index (χ1n) is 18.6. The Labute approximate surface area is 311 Å². The van der Waals surface area contributed by atoms with Crippen LogP contribution in [0.4, 0.5) is 0 Å². The van der Waals surface area contributed by atoms with Crippen molar-refractivity contribution in [2.75, 3.05) is 82.9 Å². The molecular weight excluding hydrogens is 652 g/mol. The van der Waals surface area contributed by atoms with Crippen LogP contribution in [0.15, 0.2) is 72.8 Å². The van der Waals surface area contributed by atoms with Crippen LogP contribution in [0.3, 0.4) is 0 Å². The Balaban J connectivity index is 1.24. The summed E-state index contributed by atoms with van der Waals surface area (Å²) in [6.45, 7) is 4.40. The summed E-state index contributed by atoms with van der Waals surface area (Å²) in [7, 11) is 15.3. The van der Waals surface area contributed by atoms with Gasteiger partial charge in [0, 0.05) is 49.7 Å². The van der Waals surface area contributed by atoms with E-state index in [0.29, 0.717) is 12.1 Å². The fourth-order valence-electron chi connectivity index (χ4n) is 8.77. The van der Waals surface area contributed by atoms with Crippen LogP contribution in [0.2, 0.25) is 0 Å². The standard InChI is InChI=1S/C44H58N2O6/c1-45(23-19-33-27-41(49-5)43(51-7)29-37(33)39(45)25-31-11-15-35(47-3)16-12-31)21-9-10-22-46(2)24-20-34-28-42(50-6)44(52-8)30-38(34)40(46)26-32-13-17-36(48-4)18-14-32/h11-18,27-30,39-40H,9-10,19-26H2,1-8H3/q+2. The highest BCUT2D eigenvalue weighted by Gasteiger charge is 2.42. The van der Waals surface area contributed by atoms with E-state index in [4.69, 9.17) is 28.4 Å². The summed E-state index contributed by atoms with van der Waals surface area (Å²) in [6.07, 6.45) is 6.24. The average Bonchev–Trinajstić information content (AvgIpc) is 3.18. The van der Waals surface area contributed by atoms with Crippen LogP contribution in [0.5, 0.6) is 34.5 Å². The van der Waals surface area contributed by atoms with Crippen LogP contribution in [0.1, 0.15) is 58.3 Å². The van der Waals surface area contributed by atoms with Crippen molar-refractivity contribution in [1.82, 2.24) is 0 Å². The molecule has 0 saturated carbocycles. The van der Waals surface area contributed by atoms with Crippen molar-refractivity contribution in [3.8, 4) is 34.5 Å². The fraction of sp³-hybridized carbons (Fsp3) is 0.455. The first kappa shape index (κ1) is 37.4. The first-order valence-corrected chi connectivity index (χ1v) is 18.6. The predicted molar refractivity (Wildman–Crippen MR) is 206 cm³/mol. The summed E-state index contributed by atoms with van der Waals surface area (Å²) in [5, 5.41) is 0. The molecule has 2 aliphatic heterocycles. The van der Waals surface area contributed by atoms with Crippen LogP contribution >= 0.6 is 0 Å². The monoisotopic (exact) mass is 710 g/mol. The van der Waals surface area contributed by atoms with Gasteiger partial charge in [-0.05, 0) is 70.8 Å². The lowest BCUT2D eigenvalue weighted by Crippen LogP contribution is -2.54. The zero-order valence-corrected chi connectivity index (χ0v) is 32.5. The van der Waals surface area contributed by atoms with E-state index in [1.807, 2.05) is 0 Å². The highest BCUT2D eigenvalue weighted by atomic mass is 16.5. The normalized spacial score (nSPS) is 22.2. The lowest BCUT2D eigenvalue weighted by molar-refractivity contribution is -0.947. The number of hydrogen-bond acceptors (Lipinski definition) is 6. The molecule has 6 rings (SSSR count). The van der Waals surface area contributed by atoms with Gasteiger partial charge >= 0.3 is 0 Å². The second-order valence-corrected chi connectivity index (χ2v) is 15.0. The molecule has 0 aliphatic carbocycles. The minimum absolute atomic E-state index is 0.300. The lowest BCUT2D eigenvalue weighted by Gasteiger charge is -2.47. The van der Waals surface area contributed by atoms with Crippen molar-refractivity contribution in [3.05, 3.63) is 106 Å². The van der Waals surface area contributed by atoms with Crippen molar-refractivity contribution in [1.29, 1.82) is 0 Å². The smallest absolute Gasteiger partial charge is 0.161 e. The Bertz CT molecular complexity index is 1680. The van der Waals surface area contributed by atoms with E-state index in [0.717, 1.165) is 108 Å². The largest absolute Gasteiger partial charge is 0.497 e. The molecular formula is C44H58N2O6+2. The number of hydrogen-bond donors (Lipinski definition) is 0. The Hall–Kier alpha value is -4.40. The molecule has 52 heavy (non-hydrogen) atoms. The summed E-state index contributed by atoms with van der Waals surface area (Å²) in [4.78, 5) is 0. The van der Waals surface area contributed by atoms with Crippen molar-refractivity contribution in [3.63, 3.8) is 0 Å². The van der Waals surface area contributed by atoms with E-state index < -0.39 is 0 Å². The molecule has 0 fully saturated rings. The highest BCUT2D eigenvalue weighted by molar-refractivity contribution is 5.50. The summed E-state index contributed by atoms with van der Waals surface area (Å²) in [5.74, 6) is 4.98. The number of rotatable bonds is 15. The Morgan fingerprint density at radius 3 is 1.15 bits per heavy atom. The van der Waals surface area contributed by atoms with Crippen molar-refractivity contribution < 1.29 is 37.4 Å². The maximum atomic E-state index is 5.82. The highest BCUT2D eigenvalue weighted by Crippen LogP contribution is 2.45. The molecule has 8 heteroatoms. The van der Waals surface area contributed by atoms with E-state index in [9.17, 15) is 0 Å². The van der Waals surface area contributed by atoms with Gasteiger partial charge < -0.3 is 37.4 Å². The van der Waals surface area contributed by atoms with E-state index in [1.54, 1.807) is 42.7 Å². The molecule has 278 valence electrons. The molecule has 4 unspecified atom stereocenters. The second-order valence-electron chi connectivity index (χ2n) is 15.0. The molecule has 8 nitrogen and oxygen atoms in total. The van der Waals surface area contributed by atoms with Gasteiger partial charge in [-0.2, -0.15) is 0 Å². The molecule has 0 spiro atoms. The molecule has 2 aliphatic rings. The third kappa shape index (κ3) is 7.69. The number of likely N-dealkylation sites (N-methyl/N-ethyl adjacent to an activating group) is 2. The number of nitrogens with zero attached hydrogens (tertiary/aromatic N) is 2. The minimum Gasteiger partial charge on any atom is -0.497 e. The molecule has 4 aromatic carbocycles. The molecule has 0 N–H and O–H groups in total. The summed E-state index contributed by atoms with van der Waals surface area (Å²) < 4.78 is 36.0. The lowest BCUT2D eigenvalue weighted by atomic mass is 9.85. The fourth-order valence-corrected chi connectivity index (χ4v) is 8.77. The van der Waals surface area contributed by atoms with Gasteiger partial charge in [-0.3, -0.25) is 0 Å². The number of ether oxygens (including phenoxy) is 6. The van der Waals surface area contributed by atoms with E-state index in [-0.39, 0.29) is 0 Å². The van der Waals surface area contributed by atoms with Crippen LogP contribution in [0, 0.1) is 0 Å². The Morgan fingerprint density at radius 2 is 0.827 bits per heavy atom. The molecule has 4 atom stereocenters. The zero-order chi connectivity index (χ0) is 36.9. The van der Waals surface area contributed by atoms with Crippen molar-refractivity contribution in [2.24, 2.45) is 0 Å². The maximum Gasteiger partial charge on any atom is 0.161 e. The van der Waals surface area contributed by atoms with Gasteiger partial charge in [-0.25, -0.2) is 0 Å². The number of quaternary nitrogens is 2. The second kappa shape index (κ2) is 16.1. The van der Waals surface area contributed by atoms with Crippen LogP contribution in [-0.2, 0) is 25.7 Å². The zero-order valence-electron chi connectivity index (χ0n) is 32.5. The summed E-state index contributed by atoms with van der Waals surface area (Å²) in [6, 6.07) is 26.6. The van der Waals surface area contributed by atoms with Gasteiger partial charge in [0.15, 0.2) is 23.0 Å². The number of unbranched alkanes of at least 4 members (excludes halogenated alkanes) is 1. The van der Waals surface area contributed by atoms with Crippen LogP contribution in [0.25, 0.3) is 0 Å². The van der Waals surface area contributed by atoms with Crippen molar-refractivity contribution in [2.45, 2.75) is 50.6 Å². The van der Waals surface area contributed by atoms with Gasteiger partial charge in [-0.15, -0.1) is 0 Å². The Morgan fingerprint density at radius 1 is 0.481 bits per heavy atom. The molecule has 0 amide bonds. The van der Waals surface area contributed by atoms with Gasteiger partial charge in [0.1, 0.15) is 23.6 Å². The Kier molecular flexibility index (Phi) is 11.6. The first-order chi connectivity index (χ1) is 25.2. The number of fused-ring (bicyclic) bond motifs is 2. The molecule has 2 heterocycles. The van der Waals surface area contributed by atoms with Gasteiger partial charge in [0.25, 0.3) is 0 Å². The van der Waals surface area contributed by atoms with E-state index >= 15 is 0 Å². The molecule has 0 saturated heterocycles. The van der Waals surface area contributed by atoms with Gasteiger partial charge in [0.05, 0.1) is 82.9 Å². The van der Waals surface area contributed by atoms with Crippen LogP contribution < -0.4 is 28.4 Å². The number of methoxy groups -OCH3 is 6. The number of benzene rings is 4. The van der Waals surface area contributed by atoms with Crippen molar-refractivity contribution >= 4 is 0 Å². The van der Waals surface area contributed by atoms with Gasteiger partial charge in [0.2, 0.25) is 0 Å². The quantitative estimate of drug-likeness (QED) is 0.0928. The predicted octanol–water partition coefficient (Wildman–Crippen LogP) is 7.79. The molecule has 4 aromatic rings. The van der Waals surface area contributed by atoms with Gasteiger partial charge in [-0.1, -0.05) is 24.3 Å².